The molecule has 94 valence electrons. The summed E-state index contributed by atoms with van der Waals surface area (Å²) in [5.74, 6) is 2.54. The van der Waals surface area contributed by atoms with Crippen molar-refractivity contribution >= 4 is 5.97 Å². The number of carbonyl (C=O) groups is 1. The standard InChI is InChI=1S/C15H22O2/c1-8(2)9-6-7-15(3)11-5-4-10(14(16)17)13(15)12(9)11/h4,8-9,11-13H,5-7H2,1-3H3,(H,16,17)/t9-,11+,12+,13-,15-/m1/s1. The van der Waals surface area contributed by atoms with Crippen molar-refractivity contribution in [1.29, 1.82) is 0 Å². The van der Waals surface area contributed by atoms with Gasteiger partial charge < -0.3 is 5.11 Å². The Balaban J connectivity index is 1.97. The molecule has 3 fully saturated rings. The van der Waals surface area contributed by atoms with E-state index >= 15 is 0 Å². The van der Waals surface area contributed by atoms with Gasteiger partial charge in [-0.1, -0.05) is 26.8 Å². The fourth-order valence-corrected chi connectivity index (χ4v) is 5.15. The van der Waals surface area contributed by atoms with Crippen LogP contribution in [0.2, 0.25) is 0 Å². The maximum Gasteiger partial charge on any atom is 0.331 e. The molecule has 4 aliphatic rings. The Kier molecular flexibility index (Phi) is 2.24. The van der Waals surface area contributed by atoms with Gasteiger partial charge in [0.05, 0.1) is 0 Å². The average molecular weight is 234 g/mol. The van der Waals surface area contributed by atoms with Crippen LogP contribution in [0.25, 0.3) is 0 Å². The summed E-state index contributed by atoms with van der Waals surface area (Å²) in [5, 5.41) is 9.36. The molecule has 0 heterocycles. The summed E-state index contributed by atoms with van der Waals surface area (Å²) in [6, 6.07) is 0. The molecule has 2 heteroatoms. The second kappa shape index (κ2) is 3.37. The lowest BCUT2D eigenvalue weighted by Crippen LogP contribution is -2.64. The van der Waals surface area contributed by atoms with Crippen molar-refractivity contribution in [3.63, 3.8) is 0 Å². The summed E-state index contributed by atoms with van der Waals surface area (Å²) < 4.78 is 0. The largest absolute Gasteiger partial charge is 0.478 e. The first-order valence-electron chi connectivity index (χ1n) is 6.90. The molecular weight excluding hydrogens is 212 g/mol. The Bertz CT molecular complexity index is 396. The predicted octanol–water partition coefficient (Wildman–Crippen LogP) is 3.34. The van der Waals surface area contributed by atoms with Crippen LogP contribution in [0.4, 0.5) is 0 Å². The van der Waals surface area contributed by atoms with E-state index in [9.17, 15) is 9.90 Å². The van der Waals surface area contributed by atoms with Crippen LogP contribution in [-0.2, 0) is 4.79 Å². The highest BCUT2D eigenvalue weighted by Gasteiger charge is 2.66. The molecule has 4 rings (SSSR count). The summed E-state index contributed by atoms with van der Waals surface area (Å²) in [4.78, 5) is 11.4. The third kappa shape index (κ3) is 1.24. The molecule has 3 saturated carbocycles. The third-order valence-corrected chi connectivity index (χ3v) is 5.95. The van der Waals surface area contributed by atoms with Crippen LogP contribution < -0.4 is 0 Å². The van der Waals surface area contributed by atoms with Gasteiger partial charge in [-0.3, -0.25) is 0 Å². The fourth-order valence-electron chi connectivity index (χ4n) is 5.15. The maximum atomic E-state index is 11.4. The third-order valence-electron chi connectivity index (χ3n) is 5.95. The lowest BCUT2D eigenvalue weighted by atomic mass is 9.34. The second-order valence-corrected chi connectivity index (χ2v) is 6.81. The van der Waals surface area contributed by atoms with Crippen molar-refractivity contribution < 1.29 is 9.90 Å². The van der Waals surface area contributed by atoms with E-state index in [0.29, 0.717) is 23.2 Å². The molecule has 0 spiro atoms. The van der Waals surface area contributed by atoms with E-state index in [0.717, 1.165) is 23.8 Å². The average Bonchev–Trinajstić information content (AvgIpc) is 2.29. The highest BCUT2D eigenvalue weighted by Crippen LogP contribution is 2.71. The minimum atomic E-state index is -0.672. The molecule has 2 nitrogen and oxygen atoms in total. The van der Waals surface area contributed by atoms with E-state index in [1.807, 2.05) is 6.08 Å². The molecule has 0 saturated heterocycles. The van der Waals surface area contributed by atoms with Crippen LogP contribution in [0.15, 0.2) is 11.6 Å². The van der Waals surface area contributed by atoms with E-state index in [1.165, 1.54) is 12.8 Å². The second-order valence-electron chi connectivity index (χ2n) is 6.81. The van der Waals surface area contributed by atoms with Crippen molar-refractivity contribution in [2.24, 2.45) is 35.0 Å². The number of hydrogen-bond donors (Lipinski definition) is 1. The smallest absolute Gasteiger partial charge is 0.331 e. The molecule has 4 bridgehead atoms. The van der Waals surface area contributed by atoms with Gasteiger partial charge in [0.1, 0.15) is 0 Å². The molecule has 0 amide bonds. The Morgan fingerprint density at radius 3 is 2.82 bits per heavy atom. The lowest BCUT2D eigenvalue weighted by molar-refractivity contribution is -0.186. The number of aliphatic carboxylic acids is 1. The molecule has 0 aromatic carbocycles. The van der Waals surface area contributed by atoms with Gasteiger partial charge in [-0.05, 0) is 54.3 Å². The number of fused-ring (bicyclic) bond motifs is 2. The zero-order valence-corrected chi connectivity index (χ0v) is 10.9. The van der Waals surface area contributed by atoms with Crippen molar-refractivity contribution in [2.45, 2.75) is 40.0 Å². The number of carboxylic acids is 1. The van der Waals surface area contributed by atoms with Crippen LogP contribution in [0.3, 0.4) is 0 Å². The van der Waals surface area contributed by atoms with Crippen LogP contribution >= 0.6 is 0 Å². The van der Waals surface area contributed by atoms with Crippen molar-refractivity contribution in [3.8, 4) is 0 Å². The minimum absolute atomic E-state index is 0.304. The molecule has 5 atom stereocenters. The Morgan fingerprint density at radius 2 is 2.24 bits per heavy atom. The van der Waals surface area contributed by atoms with Crippen LogP contribution in [0, 0.1) is 35.0 Å². The Labute approximate surface area is 103 Å². The van der Waals surface area contributed by atoms with Gasteiger partial charge in [0.25, 0.3) is 0 Å². The predicted molar refractivity (Wildman–Crippen MR) is 66.5 cm³/mol. The normalized spacial score (nSPS) is 47.4. The summed E-state index contributed by atoms with van der Waals surface area (Å²) in [7, 11) is 0. The number of carboxylic acid groups (broad SMARTS) is 1. The molecule has 0 aromatic heterocycles. The summed E-state index contributed by atoms with van der Waals surface area (Å²) >= 11 is 0. The summed E-state index contributed by atoms with van der Waals surface area (Å²) in [6.07, 6.45) is 5.53. The Hall–Kier alpha value is -0.790. The van der Waals surface area contributed by atoms with Gasteiger partial charge in [-0.25, -0.2) is 4.79 Å². The first kappa shape index (κ1) is 11.3. The monoisotopic (exact) mass is 234 g/mol. The molecule has 0 unspecified atom stereocenters. The van der Waals surface area contributed by atoms with Gasteiger partial charge >= 0.3 is 5.97 Å². The van der Waals surface area contributed by atoms with E-state index in [1.54, 1.807) is 0 Å². The quantitative estimate of drug-likeness (QED) is 0.795. The molecule has 17 heavy (non-hydrogen) atoms. The zero-order chi connectivity index (χ0) is 12.4. The first-order valence-corrected chi connectivity index (χ1v) is 6.90. The zero-order valence-electron chi connectivity index (χ0n) is 10.9. The lowest BCUT2D eigenvalue weighted by Gasteiger charge is -2.69. The summed E-state index contributed by atoms with van der Waals surface area (Å²) in [5.41, 5.74) is 1.03. The van der Waals surface area contributed by atoms with Gasteiger partial charge in [0.2, 0.25) is 0 Å². The van der Waals surface area contributed by atoms with Crippen LogP contribution in [0.1, 0.15) is 40.0 Å². The van der Waals surface area contributed by atoms with E-state index < -0.39 is 5.97 Å². The molecular formula is C15H22O2. The molecule has 0 aromatic rings. The van der Waals surface area contributed by atoms with Crippen molar-refractivity contribution in [2.75, 3.05) is 0 Å². The first-order chi connectivity index (χ1) is 7.97. The molecule has 0 radical (unpaired) electrons. The SMILES string of the molecule is CC(C)[C@H]1CC[C@@]2(C)[C@@H]3C(C(=O)O)=CC[C@H]2[C@H]13. The number of rotatable bonds is 2. The van der Waals surface area contributed by atoms with E-state index in [4.69, 9.17) is 0 Å². The molecule has 4 aliphatic carbocycles. The molecule has 0 aliphatic heterocycles. The van der Waals surface area contributed by atoms with Gasteiger partial charge in [-0.2, -0.15) is 0 Å². The highest BCUT2D eigenvalue weighted by atomic mass is 16.4. The highest BCUT2D eigenvalue weighted by molar-refractivity contribution is 5.88. The van der Waals surface area contributed by atoms with Crippen molar-refractivity contribution in [3.05, 3.63) is 11.6 Å². The summed E-state index contributed by atoms with van der Waals surface area (Å²) in [6.45, 7) is 6.92. The number of allylic oxidation sites excluding steroid dienone is 1. The van der Waals surface area contributed by atoms with Gasteiger partial charge in [0.15, 0.2) is 0 Å². The van der Waals surface area contributed by atoms with Crippen molar-refractivity contribution in [1.82, 2.24) is 0 Å². The van der Waals surface area contributed by atoms with Crippen LogP contribution in [0.5, 0.6) is 0 Å². The maximum absolute atomic E-state index is 11.4. The minimum Gasteiger partial charge on any atom is -0.478 e. The number of hydrogen-bond acceptors (Lipinski definition) is 1. The molecule has 1 N–H and O–H groups in total. The van der Waals surface area contributed by atoms with Gasteiger partial charge in [0, 0.05) is 5.57 Å². The van der Waals surface area contributed by atoms with Gasteiger partial charge in [-0.15, -0.1) is 0 Å². The topological polar surface area (TPSA) is 37.3 Å². The van der Waals surface area contributed by atoms with E-state index in [-0.39, 0.29) is 0 Å². The van der Waals surface area contributed by atoms with E-state index in [2.05, 4.69) is 20.8 Å². The van der Waals surface area contributed by atoms with Crippen LogP contribution in [-0.4, -0.2) is 11.1 Å². The Morgan fingerprint density at radius 1 is 1.53 bits per heavy atom. The fraction of sp³-hybridized carbons (Fsp3) is 0.800.